The average molecular weight is 452 g/mol. The van der Waals surface area contributed by atoms with Gasteiger partial charge in [-0.2, -0.15) is 0 Å². The minimum atomic E-state index is -0.607. The normalized spacial score (nSPS) is 12.1. The van der Waals surface area contributed by atoms with Crippen LogP contribution in [0.5, 0.6) is 0 Å². The summed E-state index contributed by atoms with van der Waals surface area (Å²) >= 11 is 1.41. The summed E-state index contributed by atoms with van der Waals surface area (Å²) < 4.78 is 9.88. The second-order valence-electron chi connectivity index (χ2n) is 9.76. The zero-order valence-electron chi connectivity index (χ0n) is 20.7. The third-order valence-corrected chi connectivity index (χ3v) is 4.58. The molecule has 8 nitrogen and oxygen atoms in total. The molecular formula is C22H37N5O3S. The molecule has 9 heteroatoms. The van der Waals surface area contributed by atoms with Crippen molar-refractivity contribution >= 4 is 36.0 Å². The predicted octanol–water partition coefficient (Wildman–Crippen LogP) is 4.08. The van der Waals surface area contributed by atoms with E-state index in [1.807, 2.05) is 39.8 Å². The van der Waals surface area contributed by atoms with Crippen LogP contribution in [0.1, 0.15) is 63.2 Å². The van der Waals surface area contributed by atoms with Gasteiger partial charge >= 0.3 is 6.09 Å². The number of pyridine rings is 1. The molecule has 0 aliphatic carbocycles. The highest BCUT2D eigenvalue weighted by Gasteiger charge is 2.24. The number of rotatable bonds is 6. The SMILES string of the molecule is CN(C)C(=O)c1cc(N(C)C)nc(CN(C)C(=O)OC(C)(C)C)c1/C=N/SC(C)(C)C. The van der Waals surface area contributed by atoms with Crippen molar-refractivity contribution in [3.63, 3.8) is 0 Å². The molecule has 0 unspecified atom stereocenters. The van der Waals surface area contributed by atoms with Crippen LogP contribution in [-0.4, -0.2) is 78.6 Å². The van der Waals surface area contributed by atoms with Crippen molar-refractivity contribution in [3.8, 4) is 0 Å². The minimum absolute atomic E-state index is 0.0767. The lowest BCUT2D eigenvalue weighted by Crippen LogP contribution is -2.34. The Bertz CT molecular complexity index is 824. The minimum Gasteiger partial charge on any atom is -0.444 e. The summed E-state index contributed by atoms with van der Waals surface area (Å²) in [7, 11) is 8.77. The van der Waals surface area contributed by atoms with E-state index >= 15 is 0 Å². The lowest BCUT2D eigenvalue weighted by atomic mass is 10.0. The van der Waals surface area contributed by atoms with E-state index in [2.05, 4.69) is 25.2 Å². The van der Waals surface area contributed by atoms with Crippen molar-refractivity contribution < 1.29 is 14.3 Å². The summed E-state index contributed by atoms with van der Waals surface area (Å²) in [6.45, 7) is 11.8. The third-order valence-electron chi connectivity index (χ3n) is 3.82. The van der Waals surface area contributed by atoms with Gasteiger partial charge < -0.3 is 19.4 Å². The fourth-order valence-electron chi connectivity index (χ4n) is 2.37. The molecule has 31 heavy (non-hydrogen) atoms. The van der Waals surface area contributed by atoms with Crippen LogP contribution >= 0.6 is 11.9 Å². The van der Waals surface area contributed by atoms with Crippen molar-refractivity contribution in [1.29, 1.82) is 0 Å². The molecule has 0 atom stereocenters. The highest BCUT2D eigenvalue weighted by Crippen LogP contribution is 2.26. The van der Waals surface area contributed by atoms with Gasteiger partial charge in [-0.05, 0) is 59.6 Å². The van der Waals surface area contributed by atoms with Crippen molar-refractivity contribution in [3.05, 3.63) is 22.9 Å². The summed E-state index contributed by atoms with van der Waals surface area (Å²) in [6.07, 6.45) is 1.20. The first kappa shape index (κ1) is 26.7. The van der Waals surface area contributed by atoms with Crippen molar-refractivity contribution in [1.82, 2.24) is 14.8 Å². The van der Waals surface area contributed by atoms with Crippen LogP contribution in [0.3, 0.4) is 0 Å². The first-order valence-electron chi connectivity index (χ1n) is 10.1. The van der Waals surface area contributed by atoms with Gasteiger partial charge in [-0.25, -0.2) is 14.2 Å². The summed E-state index contributed by atoms with van der Waals surface area (Å²) in [5, 5.41) is 0. The predicted molar refractivity (Wildman–Crippen MR) is 129 cm³/mol. The van der Waals surface area contributed by atoms with Crippen LogP contribution in [0.4, 0.5) is 10.6 Å². The average Bonchev–Trinajstić information content (AvgIpc) is 2.59. The number of aromatic nitrogens is 1. The molecule has 0 bridgehead atoms. The highest BCUT2D eigenvalue weighted by atomic mass is 32.2. The molecule has 1 aromatic heterocycles. The largest absolute Gasteiger partial charge is 0.444 e. The van der Waals surface area contributed by atoms with E-state index in [1.165, 1.54) is 21.7 Å². The molecule has 1 rings (SSSR count). The lowest BCUT2D eigenvalue weighted by molar-refractivity contribution is 0.0283. The van der Waals surface area contributed by atoms with Gasteiger partial charge in [0.25, 0.3) is 5.91 Å². The van der Waals surface area contributed by atoms with Gasteiger partial charge in [0.2, 0.25) is 0 Å². The Labute approximate surface area is 191 Å². The second kappa shape index (κ2) is 10.3. The number of hydrogen-bond acceptors (Lipinski definition) is 7. The van der Waals surface area contributed by atoms with Gasteiger partial charge in [0.1, 0.15) is 11.4 Å². The zero-order chi connectivity index (χ0) is 24.1. The molecule has 0 aromatic carbocycles. The van der Waals surface area contributed by atoms with E-state index in [0.29, 0.717) is 22.6 Å². The number of ether oxygens (including phenoxy) is 1. The van der Waals surface area contributed by atoms with E-state index in [0.717, 1.165) is 0 Å². The van der Waals surface area contributed by atoms with E-state index in [1.54, 1.807) is 33.4 Å². The molecule has 0 fully saturated rings. The van der Waals surface area contributed by atoms with Crippen LogP contribution in [0.15, 0.2) is 10.5 Å². The topological polar surface area (TPSA) is 78.3 Å². The number of anilines is 1. The van der Waals surface area contributed by atoms with Crippen LogP contribution in [0.2, 0.25) is 0 Å². The maximum Gasteiger partial charge on any atom is 0.410 e. The Hall–Kier alpha value is -2.29. The maximum absolute atomic E-state index is 13.0. The molecular weight excluding hydrogens is 414 g/mol. The Kier molecular flexibility index (Phi) is 8.93. The molecule has 0 aliphatic rings. The fraction of sp³-hybridized carbons (Fsp3) is 0.636. The fourth-order valence-corrected chi connectivity index (χ4v) is 2.85. The molecule has 0 saturated heterocycles. The molecule has 0 spiro atoms. The lowest BCUT2D eigenvalue weighted by Gasteiger charge is -2.26. The van der Waals surface area contributed by atoms with Crippen LogP contribution in [0, 0.1) is 0 Å². The zero-order valence-corrected chi connectivity index (χ0v) is 21.5. The molecule has 174 valence electrons. The Morgan fingerprint density at radius 3 is 2.13 bits per heavy atom. The van der Waals surface area contributed by atoms with Gasteiger partial charge in [-0.1, -0.05) is 0 Å². The summed E-state index contributed by atoms with van der Waals surface area (Å²) in [5.41, 5.74) is 1.04. The first-order valence-corrected chi connectivity index (χ1v) is 10.9. The Morgan fingerprint density at radius 2 is 1.68 bits per heavy atom. The molecule has 1 heterocycles. The summed E-state index contributed by atoms with van der Waals surface area (Å²) in [4.78, 5) is 35.0. The number of nitrogens with zero attached hydrogens (tertiary/aromatic N) is 5. The molecule has 0 aliphatic heterocycles. The van der Waals surface area contributed by atoms with Gasteiger partial charge in [0, 0.05) is 51.8 Å². The van der Waals surface area contributed by atoms with Crippen molar-refractivity contribution in [2.24, 2.45) is 4.40 Å². The van der Waals surface area contributed by atoms with E-state index in [4.69, 9.17) is 9.72 Å². The summed E-state index contributed by atoms with van der Waals surface area (Å²) in [6, 6.07) is 1.75. The van der Waals surface area contributed by atoms with Crippen LogP contribution in [0.25, 0.3) is 0 Å². The van der Waals surface area contributed by atoms with Gasteiger partial charge in [-0.15, -0.1) is 0 Å². The Morgan fingerprint density at radius 1 is 1.10 bits per heavy atom. The monoisotopic (exact) mass is 451 g/mol. The molecule has 2 amide bonds. The standard InChI is InChI=1S/C22H37N5O3S/c1-21(2,3)30-20(29)27(11)14-17-16(13-23-31-22(4,5)6)15(19(28)26(9)10)12-18(24-17)25(7)8/h12-13H,14H2,1-11H3/b23-13+. The second-order valence-corrected chi connectivity index (χ2v) is 11.4. The summed E-state index contributed by atoms with van der Waals surface area (Å²) in [5.74, 6) is 0.465. The highest BCUT2D eigenvalue weighted by molar-refractivity contribution is 7.99. The van der Waals surface area contributed by atoms with Gasteiger partial charge in [-0.3, -0.25) is 4.79 Å². The number of amides is 2. The number of hydrogen-bond donors (Lipinski definition) is 0. The van der Waals surface area contributed by atoms with Gasteiger partial charge in [0.15, 0.2) is 0 Å². The van der Waals surface area contributed by atoms with Crippen LogP contribution < -0.4 is 4.90 Å². The number of carbonyl (C=O) groups is 2. The van der Waals surface area contributed by atoms with E-state index in [-0.39, 0.29) is 17.2 Å². The maximum atomic E-state index is 13.0. The third kappa shape index (κ3) is 8.77. The Balaban J connectivity index is 3.53. The first-order chi connectivity index (χ1) is 14.0. The smallest absolute Gasteiger partial charge is 0.410 e. The van der Waals surface area contributed by atoms with Crippen molar-refractivity contribution in [2.75, 3.05) is 40.1 Å². The number of carbonyl (C=O) groups excluding carboxylic acids is 2. The van der Waals surface area contributed by atoms with E-state index < -0.39 is 11.7 Å². The van der Waals surface area contributed by atoms with Gasteiger partial charge in [0.05, 0.1) is 17.8 Å². The molecule has 0 N–H and O–H groups in total. The molecule has 0 saturated carbocycles. The van der Waals surface area contributed by atoms with Crippen LogP contribution in [-0.2, 0) is 11.3 Å². The molecule has 1 aromatic rings. The van der Waals surface area contributed by atoms with E-state index in [9.17, 15) is 9.59 Å². The quantitative estimate of drug-likeness (QED) is 0.479. The molecule has 0 radical (unpaired) electrons. The van der Waals surface area contributed by atoms with Crippen molar-refractivity contribution in [2.45, 2.75) is 58.4 Å².